The number of alkyl halides is 3. The first kappa shape index (κ1) is 23.0. The minimum Gasteiger partial charge on any atom is -0.472 e. The van der Waals surface area contributed by atoms with Gasteiger partial charge in [0.25, 0.3) is 0 Å². The Hall–Kier alpha value is -2.75. The van der Waals surface area contributed by atoms with Gasteiger partial charge in [0.15, 0.2) is 0 Å². The Labute approximate surface area is 195 Å². The number of rotatable bonds is 5. The molecule has 5 rings (SSSR count). The van der Waals surface area contributed by atoms with Gasteiger partial charge in [-0.2, -0.15) is 22.7 Å². The van der Waals surface area contributed by atoms with E-state index in [0.29, 0.717) is 43.4 Å². The van der Waals surface area contributed by atoms with Gasteiger partial charge in [-0.25, -0.2) is 13.4 Å². The predicted molar refractivity (Wildman–Crippen MR) is 113 cm³/mol. The molecular weight excluding hydrogens is 471 g/mol. The summed E-state index contributed by atoms with van der Waals surface area (Å²) in [6.07, 6.45) is 1.22. The van der Waals surface area contributed by atoms with E-state index in [2.05, 4.69) is 14.9 Å². The minimum absolute atomic E-state index is 0.131. The number of halogens is 3. The highest BCUT2D eigenvalue weighted by Crippen LogP contribution is 2.39. The fourth-order valence-electron chi connectivity index (χ4n) is 4.54. The number of piperazine rings is 1. The fraction of sp³-hybridized carbons (Fsp3) is 0.500. The van der Waals surface area contributed by atoms with Gasteiger partial charge in [-0.3, -0.25) is 9.88 Å². The van der Waals surface area contributed by atoms with Crippen molar-refractivity contribution in [1.29, 1.82) is 5.26 Å². The maximum Gasteiger partial charge on any atom is 0.416 e. The van der Waals surface area contributed by atoms with E-state index < -0.39 is 26.7 Å². The van der Waals surface area contributed by atoms with E-state index in [1.165, 1.54) is 4.31 Å². The summed E-state index contributed by atoms with van der Waals surface area (Å²) in [4.78, 5) is 10.3. The predicted octanol–water partition coefficient (Wildman–Crippen LogP) is 2.77. The van der Waals surface area contributed by atoms with Gasteiger partial charge in [-0.05, 0) is 31.0 Å². The lowest BCUT2D eigenvalue weighted by molar-refractivity contribution is -0.137. The average molecular weight is 494 g/mol. The third-order valence-corrected chi connectivity index (χ3v) is 8.32. The molecule has 12 heteroatoms. The first-order valence-electron chi connectivity index (χ1n) is 11.0. The lowest BCUT2D eigenvalue weighted by atomic mass is 10.1. The van der Waals surface area contributed by atoms with Crippen molar-refractivity contribution in [3.63, 3.8) is 0 Å². The zero-order valence-corrected chi connectivity index (χ0v) is 18.9. The van der Waals surface area contributed by atoms with Crippen LogP contribution in [0.15, 0.2) is 35.5 Å². The lowest BCUT2D eigenvalue weighted by Gasteiger charge is -2.36. The van der Waals surface area contributed by atoms with E-state index in [1.54, 1.807) is 18.5 Å². The Kier molecular flexibility index (Phi) is 5.74. The van der Waals surface area contributed by atoms with Crippen molar-refractivity contribution in [2.45, 2.75) is 48.4 Å². The summed E-state index contributed by atoms with van der Waals surface area (Å²) in [6.45, 7) is 1.30. The fourth-order valence-corrected chi connectivity index (χ4v) is 6.08. The number of fused-ring (bicyclic) bond motifs is 1. The van der Waals surface area contributed by atoms with Gasteiger partial charge in [-0.1, -0.05) is 0 Å². The first-order chi connectivity index (χ1) is 16.1. The van der Waals surface area contributed by atoms with Crippen molar-refractivity contribution in [2.75, 3.05) is 26.2 Å². The normalized spacial score (nSPS) is 23.9. The number of aromatic nitrogens is 2. The topological polar surface area (TPSA) is 99.4 Å². The number of nitriles is 1. The third kappa shape index (κ3) is 4.60. The number of nitrogens with zero attached hydrogens (tertiary/aromatic N) is 5. The SMILES string of the molecule is N#Cc1cc(C(F)(F)F)cc(S(=O)(=O)N2CCN3C[C@H](Oc4cnc(C5CC5)cn4)C[C@H]3C2)c1. The van der Waals surface area contributed by atoms with Crippen LogP contribution >= 0.6 is 0 Å². The second kappa shape index (κ2) is 8.48. The van der Waals surface area contributed by atoms with Crippen molar-refractivity contribution in [2.24, 2.45) is 0 Å². The molecule has 1 aromatic carbocycles. The summed E-state index contributed by atoms with van der Waals surface area (Å²) in [7, 11) is -4.21. The van der Waals surface area contributed by atoms with Gasteiger partial charge >= 0.3 is 6.18 Å². The quantitative estimate of drug-likeness (QED) is 0.632. The highest BCUT2D eigenvalue weighted by atomic mass is 32.2. The summed E-state index contributed by atoms with van der Waals surface area (Å²) < 4.78 is 73.2. The Morgan fingerprint density at radius 1 is 1.09 bits per heavy atom. The Balaban J connectivity index is 1.28. The van der Waals surface area contributed by atoms with Crippen LogP contribution in [-0.4, -0.2) is 65.9 Å². The molecule has 3 fully saturated rings. The molecule has 2 aliphatic heterocycles. The molecule has 3 aliphatic rings. The third-order valence-electron chi connectivity index (χ3n) is 6.47. The van der Waals surface area contributed by atoms with Crippen LogP contribution in [0.5, 0.6) is 5.88 Å². The zero-order valence-electron chi connectivity index (χ0n) is 18.1. The monoisotopic (exact) mass is 493 g/mol. The molecule has 180 valence electrons. The molecule has 8 nitrogen and oxygen atoms in total. The van der Waals surface area contributed by atoms with E-state index in [9.17, 15) is 21.6 Å². The molecule has 2 atom stereocenters. The molecule has 0 radical (unpaired) electrons. The van der Waals surface area contributed by atoms with E-state index in [0.717, 1.165) is 24.6 Å². The second-order valence-electron chi connectivity index (χ2n) is 8.90. The highest BCUT2D eigenvalue weighted by molar-refractivity contribution is 7.89. The van der Waals surface area contributed by atoms with Crippen molar-refractivity contribution in [3.05, 3.63) is 47.4 Å². The van der Waals surface area contributed by atoms with Gasteiger partial charge < -0.3 is 4.74 Å². The van der Waals surface area contributed by atoms with E-state index in [1.807, 2.05) is 0 Å². The molecule has 1 aromatic heterocycles. The molecule has 0 unspecified atom stereocenters. The summed E-state index contributed by atoms with van der Waals surface area (Å²) in [5, 5.41) is 9.09. The Morgan fingerprint density at radius 2 is 1.88 bits per heavy atom. The molecule has 2 aromatic rings. The molecule has 0 bridgehead atoms. The number of hydrogen-bond donors (Lipinski definition) is 0. The molecule has 0 N–H and O–H groups in total. The molecule has 1 saturated carbocycles. The molecule has 0 amide bonds. The summed E-state index contributed by atoms with van der Waals surface area (Å²) in [5.74, 6) is 0.919. The second-order valence-corrected chi connectivity index (χ2v) is 10.8. The van der Waals surface area contributed by atoms with E-state index >= 15 is 0 Å². The summed E-state index contributed by atoms with van der Waals surface area (Å²) >= 11 is 0. The van der Waals surface area contributed by atoms with Crippen molar-refractivity contribution in [3.8, 4) is 11.9 Å². The van der Waals surface area contributed by atoms with Crippen LogP contribution in [0.2, 0.25) is 0 Å². The van der Waals surface area contributed by atoms with Crippen LogP contribution in [-0.2, 0) is 16.2 Å². The van der Waals surface area contributed by atoms with Gasteiger partial charge in [0.05, 0.1) is 40.2 Å². The highest BCUT2D eigenvalue weighted by Gasteiger charge is 2.42. The Bertz CT molecular complexity index is 1230. The molecule has 34 heavy (non-hydrogen) atoms. The smallest absolute Gasteiger partial charge is 0.416 e. The summed E-state index contributed by atoms with van der Waals surface area (Å²) in [6, 6.07) is 3.71. The van der Waals surface area contributed by atoms with Crippen LogP contribution in [0, 0.1) is 11.3 Å². The molecule has 1 aliphatic carbocycles. The largest absolute Gasteiger partial charge is 0.472 e. The van der Waals surface area contributed by atoms with E-state index in [4.69, 9.17) is 10.00 Å². The van der Waals surface area contributed by atoms with Gasteiger partial charge in [0.2, 0.25) is 15.9 Å². The van der Waals surface area contributed by atoms with E-state index in [-0.39, 0.29) is 30.8 Å². The number of sulfonamides is 1. The van der Waals surface area contributed by atoms with Crippen LogP contribution in [0.25, 0.3) is 0 Å². The maximum atomic E-state index is 13.2. The molecular formula is C22H22F3N5O3S. The number of ether oxygens (including phenoxy) is 1. The zero-order chi connectivity index (χ0) is 24.1. The minimum atomic E-state index is -4.76. The van der Waals surface area contributed by atoms with Gasteiger partial charge in [0, 0.05) is 44.6 Å². The lowest BCUT2D eigenvalue weighted by Crippen LogP contribution is -2.51. The van der Waals surface area contributed by atoms with Gasteiger partial charge in [-0.15, -0.1) is 0 Å². The van der Waals surface area contributed by atoms with Gasteiger partial charge in [0.1, 0.15) is 6.10 Å². The number of benzene rings is 1. The first-order valence-corrected chi connectivity index (χ1v) is 12.4. The van der Waals surface area contributed by atoms with Crippen LogP contribution < -0.4 is 4.74 Å². The average Bonchev–Trinajstić information content (AvgIpc) is 3.58. The molecule has 3 heterocycles. The maximum absolute atomic E-state index is 13.2. The van der Waals surface area contributed by atoms with Crippen LogP contribution in [0.4, 0.5) is 13.2 Å². The van der Waals surface area contributed by atoms with Crippen LogP contribution in [0.3, 0.4) is 0 Å². The molecule has 0 spiro atoms. The Morgan fingerprint density at radius 3 is 2.53 bits per heavy atom. The van der Waals surface area contributed by atoms with Crippen molar-refractivity contribution >= 4 is 10.0 Å². The summed E-state index contributed by atoms with van der Waals surface area (Å²) in [5.41, 5.74) is -0.548. The van der Waals surface area contributed by atoms with Crippen molar-refractivity contribution < 1.29 is 26.3 Å². The van der Waals surface area contributed by atoms with Crippen molar-refractivity contribution in [1.82, 2.24) is 19.2 Å². The molecule has 2 saturated heterocycles. The number of hydrogen-bond acceptors (Lipinski definition) is 7. The van der Waals surface area contributed by atoms with Crippen LogP contribution in [0.1, 0.15) is 42.0 Å². The standard InChI is InChI=1S/C22H22F3N5O3S/c23-22(24,25)16-5-14(9-26)6-19(7-16)34(31,32)30-4-3-29-13-18(8-17(29)12-30)33-21-11-27-20(10-28-21)15-1-2-15/h5-7,10-11,15,17-18H,1-4,8,12-13H2/t17-,18+/m0/s1.